The summed E-state index contributed by atoms with van der Waals surface area (Å²) in [5.74, 6) is 1.37. The van der Waals surface area contributed by atoms with Gasteiger partial charge in [0, 0.05) is 0 Å². The molecule has 0 saturated carbocycles. The summed E-state index contributed by atoms with van der Waals surface area (Å²) < 4.78 is 23.5. The van der Waals surface area contributed by atoms with Crippen molar-refractivity contribution in [2.45, 2.75) is 6.10 Å². The van der Waals surface area contributed by atoms with Crippen molar-refractivity contribution in [3.8, 4) is 17.2 Å². The van der Waals surface area contributed by atoms with E-state index in [-0.39, 0.29) is 19.0 Å². The second kappa shape index (κ2) is 6.88. The highest BCUT2D eigenvalue weighted by atomic mass is 19.1. The molecular formula is C15H15FO4. The van der Waals surface area contributed by atoms with Gasteiger partial charge in [0.05, 0.1) is 6.61 Å². The number of halogens is 1. The zero-order chi connectivity index (χ0) is 14.4. The van der Waals surface area contributed by atoms with Crippen molar-refractivity contribution >= 4 is 0 Å². The Labute approximate surface area is 116 Å². The van der Waals surface area contributed by atoms with Crippen molar-refractivity contribution in [1.29, 1.82) is 0 Å². The number of benzene rings is 2. The van der Waals surface area contributed by atoms with Crippen LogP contribution in [-0.2, 0) is 0 Å². The van der Waals surface area contributed by atoms with Crippen molar-refractivity contribution in [1.82, 2.24) is 0 Å². The SMILES string of the molecule is OCC(O)COc1ccc(Oc2ccc(F)cc2)cc1. The minimum absolute atomic E-state index is 0.0225. The fourth-order valence-electron chi connectivity index (χ4n) is 1.49. The first-order chi connectivity index (χ1) is 9.67. The monoisotopic (exact) mass is 278 g/mol. The van der Waals surface area contributed by atoms with Gasteiger partial charge in [0.2, 0.25) is 0 Å². The molecule has 0 amide bonds. The quantitative estimate of drug-likeness (QED) is 0.851. The second-order valence-electron chi connectivity index (χ2n) is 4.17. The third-order valence-electron chi connectivity index (χ3n) is 2.53. The lowest BCUT2D eigenvalue weighted by atomic mass is 10.3. The molecule has 2 rings (SSSR count). The van der Waals surface area contributed by atoms with Crippen molar-refractivity contribution in [3.05, 3.63) is 54.3 Å². The Bertz CT molecular complexity index is 525. The number of aliphatic hydroxyl groups excluding tert-OH is 2. The zero-order valence-corrected chi connectivity index (χ0v) is 10.7. The summed E-state index contributed by atoms with van der Waals surface area (Å²) in [6.45, 7) is -0.319. The maximum atomic E-state index is 12.7. The van der Waals surface area contributed by atoms with E-state index in [4.69, 9.17) is 19.7 Å². The van der Waals surface area contributed by atoms with Crippen LogP contribution in [0.4, 0.5) is 4.39 Å². The number of ether oxygens (including phenoxy) is 2. The molecule has 0 fully saturated rings. The van der Waals surface area contributed by atoms with E-state index in [2.05, 4.69) is 0 Å². The molecule has 1 atom stereocenters. The average molecular weight is 278 g/mol. The lowest BCUT2D eigenvalue weighted by molar-refractivity contribution is 0.0536. The molecule has 2 N–H and O–H groups in total. The Morgan fingerprint density at radius 1 is 0.900 bits per heavy atom. The minimum atomic E-state index is -0.898. The van der Waals surface area contributed by atoms with Crippen LogP contribution in [0.1, 0.15) is 0 Å². The predicted molar refractivity (Wildman–Crippen MR) is 71.5 cm³/mol. The van der Waals surface area contributed by atoms with E-state index in [1.54, 1.807) is 24.3 Å². The van der Waals surface area contributed by atoms with E-state index in [0.717, 1.165) is 0 Å². The molecule has 0 saturated heterocycles. The van der Waals surface area contributed by atoms with Gasteiger partial charge in [0.15, 0.2) is 0 Å². The van der Waals surface area contributed by atoms with Gasteiger partial charge in [0.1, 0.15) is 35.8 Å². The molecule has 0 spiro atoms. The zero-order valence-electron chi connectivity index (χ0n) is 10.7. The number of hydrogen-bond acceptors (Lipinski definition) is 4. The Kier molecular flexibility index (Phi) is 4.92. The Balaban J connectivity index is 1.92. The summed E-state index contributed by atoms with van der Waals surface area (Å²) in [5.41, 5.74) is 0. The van der Waals surface area contributed by atoms with Gasteiger partial charge in [-0.1, -0.05) is 0 Å². The molecule has 2 aromatic rings. The normalized spacial score (nSPS) is 11.9. The molecule has 0 aliphatic heterocycles. The molecule has 4 nitrogen and oxygen atoms in total. The van der Waals surface area contributed by atoms with Crippen LogP contribution >= 0.6 is 0 Å². The van der Waals surface area contributed by atoms with Crippen LogP contribution in [0.15, 0.2) is 48.5 Å². The van der Waals surface area contributed by atoms with E-state index in [0.29, 0.717) is 17.2 Å². The third kappa shape index (κ3) is 4.22. The average Bonchev–Trinajstić information content (AvgIpc) is 2.48. The van der Waals surface area contributed by atoms with Gasteiger partial charge >= 0.3 is 0 Å². The molecule has 2 aromatic carbocycles. The van der Waals surface area contributed by atoms with Crippen molar-refractivity contribution < 1.29 is 24.1 Å². The van der Waals surface area contributed by atoms with Crippen LogP contribution < -0.4 is 9.47 Å². The largest absolute Gasteiger partial charge is 0.491 e. The predicted octanol–water partition coefficient (Wildman–Crippen LogP) is 2.35. The van der Waals surface area contributed by atoms with Gasteiger partial charge in [-0.25, -0.2) is 4.39 Å². The van der Waals surface area contributed by atoms with Gasteiger partial charge in [-0.2, -0.15) is 0 Å². The van der Waals surface area contributed by atoms with Crippen LogP contribution in [0.5, 0.6) is 17.2 Å². The fraction of sp³-hybridized carbons (Fsp3) is 0.200. The summed E-state index contributed by atoms with van der Waals surface area (Å²) in [6, 6.07) is 12.5. The van der Waals surface area contributed by atoms with Gasteiger partial charge in [-0.15, -0.1) is 0 Å². The van der Waals surface area contributed by atoms with Gasteiger partial charge in [-0.05, 0) is 48.5 Å². The Morgan fingerprint density at radius 2 is 1.40 bits per heavy atom. The summed E-state index contributed by atoms with van der Waals surface area (Å²) in [4.78, 5) is 0. The van der Waals surface area contributed by atoms with Crippen LogP contribution in [-0.4, -0.2) is 29.5 Å². The van der Waals surface area contributed by atoms with Crippen LogP contribution in [0.25, 0.3) is 0 Å². The third-order valence-corrected chi connectivity index (χ3v) is 2.53. The lowest BCUT2D eigenvalue weighted by Gasteiger charge is -2.10. The highest BCUT2D eigenvalue weighted by Crippen LogP contribution is 2.24. The van der Waals surface area contributed by atoms with Gasteiger partial charge < -0.3 is 19.7 Å². The van der Waals surface area contributed by atoms with Gasteiger partial charge in [0.25, 0.3) is 0 Å². The summed E-state index contributed by atoms with van der Waals surface area (Å²) in [5, 5.41) is 17.8. The highest BCUT2D eigenvalue weighted by molar-refractivity contribution is 5.35. The van der Waals surface area contributed by atoms with Crippen molar-refractivity contribution in [3.63, 3.8) is 0 Å². The Morgan fingerprint density at radius 3 is 1.95 bits per heavy atom. The number of rotatable bonds is 6. The molecule has 0 bridgehead atoms. The summed E-state index contributed by atoms with van der Waals surface area (Å²) in [7, 11) is 0. The maximum Gasteiger partial charge on any atom is 0.127 e. The molecule has 0 aliphatic carbocycles. The molecule has 0 aromatic heterocycles. The molecule has 1 unspecified atom stereocenters. The first-order valence-corrected chi connectivity index (χ1v) is 6.12. The summed E-state index contributed by atoms with van der Waals surface area (Å²) in [6.07, 6.45) is -0.898. The molecular weight excluding hydrogens is 263 g/mol. The minimum Gasteiger partial charge on any atom is -0.491 e. The number of hydrogen-bond donors (Lipinski definition) is 2. The van der Waals surface area contributed by atoms with Crippen LogP contribution in [0, 0.1) is 5.82 Å². The Hall–Kier alpha value is -2.11. The first kappa shape index (κ1) is 14.3. The van der Waals surface area contributed by atoms with E-state index in [9.17, 15) is 4.39 Å². The van der Waals surface area contributed by atoms with Gasteiger partial charge in [-0.3, -0.25) is 0 Å². The lowest BCUT2D eigenvalue weighted by Crippen LogP contribution is -2.21. The summed E-state index contributed by atoms with van der Waals surface area (Å²) >= 11 is 0. The van der Waals surface area contributed by atoms with Crippen LogP contribution in [0.3, 0.4) is 0 Å². The molecule has 0 radical (unpaired) electrons. The topological polar surface area (TPSA) is 58.9 Å². The fourth-order valence-corrected chi connectivity index (χ4v) is 1.49. The molecule has 106 valence electrons. The van der Waals surface area contributed by atoms with Crippen LogP contribution in [0.2, 0.25) is 0 Å². The van der Waals surface area contributed by atoms with E-state index in [1.165, 1.54) is 24.3 Å². The first-order valence-electron chi connectivity index (χ1n) is 6.12. The number of aliphatic hydroxyl groups is 2. The second-order valence-corrected chi connectivity index (χ2v) is 4.17. The van der Waals surface area contributed by atoms with E-state index < -0.39 is 6.10 Å². The van der Waals surface area contributed by atoms with E-state index >= 15 is 0 Å². The molecule has 5 heteroatoms. The smallest absolute Gasteiger partial charge is 0.127 e. The molecule has 0 aliphatic rings. The van der Waals surface area contributed by atoms with E-state index in [1.807, 2.05) is 0 Å². The van der Waals surface area contributed by atoms with Crippen molar-refractivity contribution in [2.75, 3.05) is 13.2 Å². The molecule has 0 heterocycles. The van der Waals surface area contributed by atoms with Crippen molar-refractivity contribution in [2.24, 2.45) is 0 Å². The maximum absolute atomic E-state index is 12.7. The highest BCUT2D eigenvalue weighted by Gasteiger charge is 2.03. The standard InChI is InChI=1S/C15H15FO4/c16-11-1-3-14(4-2-11)20-15-7-5-13(6-8-15)19-10-12(18)9-17/h1-8,12,17-18H,9-10H2. The molecule has 20 heavy (non-hydrogen) atoms.